The lowest BCUT2D eigenvalue weighted by molar-refractivity contribution is -0.561. The molecule has 7 heteroatoms. The second kappa shape index (κ2) is 7.03. The number of benzene rings is 1. The van der Waals surface area contributed by atoms with Crippen LogP contribution in [0.15, 0.2) is 65.4 Å². The van der Waals surface area contributed by atoms with Gasteiger partial charge in [0.2, 0.25) is 6.04 Å². The van der Waals surface area contributed by atoms with Gasteiger partial charge >= 0.3 is 11.7 Å². The summed E-state index contributed by atoms with van der Waals surface area (Å²) < 4.78 is 7.30. The van der Waals surface area contributed by atoms with Crippen LogP contribution in [0.4, 0.5) is 5.82 Å². The van der Waals surface area contributed by atoms with Crippen LogP contribution in [0.5, 0.6) is 0 Å². The Hall–Kier alpha value is -3.51. The van der Waals surface area contributed by atoms with E-state index in [1.54, 1.807) is 18.5 Å². The Morgan fingerprint density at radius 3 is 2.87 bits per heavy atom. The van der Waals surface area contributed by atoms with Gasteiger partial charge in [0.15, 0.2) is 5.69 Å². The van der Waals surface area contributed by atoms with Crippen LogP contribution in [0.1, 0.15) is 21.8 Å². The smallest absolute Gasteiger partial charge is 0.359 e. The van der Waals surface area contributed by atoms with Crippen molar-refractivity contribution < 1.29 is 13.8 Å². The number of rotatable bonds is 3. The molecule has 6 nitrogen and oxygen atoms in total. The highest BCUT2D eigenvalue weighted by atomic mass is 35.5. The second-order valence-corrected chi connectivity index (χ2v) is 8.17. The fraction of sp³-hybridized carbons (Fsp3) is 0.167. The first-order chi connectivity index (χ1) is 15.2. The van der Waals surface area contributed by atoms with Crippen LogP contribution in [0.2, 0.25) is 5.15 Å². The summed E-state index contributed by atoms with van der Waals surface area (Å²) in [6.45, 7) is 0. The summed E-state index contributed by atoms with van der Waals surface area (Å²) in [5.74, 6) is 1.47. The minimum Gasteiger partial charge on any atom is -0.469 e. The molecule has 1 aliphatic carbocycles. The van der Waals surface area contributed by atoms with Gasteiger partial charge in [-0.3, -0.25) is 5.32 Å². The third-order valence-corrected chi connectivity index (χ3v) is 6.14. The molecule has 0 spiro atoms. The highest BCUT2D eigenvalue weighted by molar-refractivity contribution is 6.29. The van der Waals surface area contributed by atoms with Crippen LogP contribution in [0.3, 0.4) is 0 Å². The quantitative estimate of drug-likeness (QED) is 0.392. The standard InChI is InChI=1S/C24H17ClN4O2/c25-20-12-15(9-10-26-20)21-23-27-18(13-16-5-3-11-31-16)24(30)29(23)19-8-7-14-4-1-2-6-17(14)22(19)28-21/h1-6,9-12,18H,7-8,13H2/p+1. The van der Waals surface area contributed by atoms with Crippen molar-refractivity contribution in [1.82, 2.24) is 9.97 Å². The molecule has 0 fully saturated rings. The van der Waals surface area contributed by atoms with Crippen molar-refractivity contribution in [2.24, 2.45) is 0 Å². The van der Waals surface area contributed by atoms with Gasteiger partial charge in [0.25, 0.3) is 0 Å². The fourth-order valence-electron chi connectivity index (χ4n) is 4.52. The van der Waals surface area contributed by atoms with E-state index in [0.717, 1.165) is 41.1 Å². The average Bonchev–Trinajstić information content (AvgIpc) is 3.41. The van der Waals surface area contributed by atoms with E-state index >= 15 is 0 Å². The molecule has 0 amide bonds. The molecule has 6 rings (SSSR count). The van der Waals surface area contributed by atoms with Crippen LogP contribution in [-0.4, -0.2) is 21.9 Å². The number of carbonyl (C=O) groups excluding carboxylic acids is 1. The third kappa shape index (κ3) is 2.94. The van der Waals surface area contributed by atoms with Crippen molar-refractivity contribution in [2.45, 2.75) is 25.3 Å². The zero-order valence-electron chi connectivity index (χ0n) is 16.5. The lowest BCUT2D eigenvalue weighted by Gasteiger charge is -2.19. The number of pyridine rings is 1. The third-order valence-electron chi connectivity index (χ3n) is 5.93. The zero-order valence-corrected chi connectivity index (χ0v) is 17.3. The predicted octanol–water partition coefficient (Wildman–Crippen LogP) is 4.12. The SMILES string of the molecule is O=C1C(Cc2ccco2)Nc2c(-c3ccnc(Cl)c3)nc3c([n+]21)CCc1ccccc1-3. The first kappa shape index (κ1) is 18.3. The molecule has 1 aromatic carbocycles. The summed E-state index contributed by atoms with van der Waals surface area (Å²) in [4.78, 5) is 22.7. The molecule has 4 aromatic rings. The number of carbonyl (C=O) groups is 1. The summed E-state index contributed by atoms with van der Waals surface area (Å²) in [5, 5.41) is 3.79. The highest BCUT2D eigenvalue weighted by Gasteiger charge is 2.45. The van der Waals surface area contributed by atoms with Crippen molar-refractivity contribution in [2.75, 3.05) is 5.32 Å². The normalized spacial score (nSPS) is 16.4. The Morgan fingerprint density at radius 1 is 1.13 bits per heavy atom. The van der Waals surface area contributed by atoms with E-state index in [-0.39, 0.29) is 5.91 Å². The van der Waals surface area contributed by atoms with Gasteiger partial charge < -0.3 is 4.42 Å². The molecular weight excluding hydrogens is 412 g/mol. The Balaban J connectivity index is 1.57. The van der Waals surface area contributed by atoms with Crippen LogP contribution in [0.25, 0.3) is 22.5 Å². The van der Waals surface area contributed by atoms with E-state index < -0.39 is 6.04 Å². The Labute approximate surface area is 183 Å². The molecule has 0 saturated heterocycles. The average molecular weight is 430 g/mol. The lowest BCUT2D eigenvalue weighted by atomic mass is 9.91. The van der Waals surface area contributed by atoms with Gasteiger partial charge in [-0.1, -0.05) is 35.9 Å². The fourth-order valence-corrected chi connectivity index (χ4v) is 4.70. The Kier molecular flexibility index (Phi) is 4.14. The van der Waals surface area contributed by atoms with Gasteiger partial charge in [-0.05, 0) is 36.2 Å². The van der Waals surface area contributed by atoms with E-state index in [1.807, 2.05) is 34.9 Å². The molecule has 1 atom stereocenters. The number of aryl methyl sites for hydroxylation is 1. The molecule has 0 saturated carbocycles. The van der Waals surface area contributed by atoms with E-state index in [2.05, 4.69) is 22.4 Å². The number of hydrogen-bond acceptors (Lipinski definition) is 5. The van der Waals surface area contributed by atoms with E-state index in [1.165, 1.54) is 5.56 Å². The minimum absolute atomic E-state index is 0.00540. The number of hydrogen-bond donors (Lipinski definition) is 1. The number of fused-ring (bicyclic) bond motifs is 5. The molecule has 0 radical (unpaired) electrons. The predicted molar refractivity (Wildman–Crippen MR) is 116 cm³/mol. The second-order valence-electron chi connectivity index (χ2n) is 7.78. The largest absolute Gasteiger partial charge is 0.469 e. The van der Waals surface area contributed by atoms with Crippen molar-refractivity contribution >= 4 is 23.3 Å². The Bertz CT molecular complexity index is 1330. The number of nitrogens with one attached hydrogen (secondary N) is 1. The molecule has 3 aromatic heterocycles. The zero-order chi connectivity index (χ0) is 20.9. The van der Waals surface area contributed by atoms with Crippen LogP contribution in [-0.2, 0) is 19.3 Å². The highest BCUT2D eigenvalue weighted by Crippen LogP contribution is 2.36. The maximum absolute atomic E-state index is 13.6. The summed E-state index contributed by atoms with van der Waals surface area (Å²) in [7, 11) is 0. The summed E-state index contributed by atoms with van der Waals surface area (Å²) in [6.07, 6.45) is 5.38. The molecule has 1 N–H and O–H groups in total. The number of halogens is 1. The molecular formula is C24H18ClN4O2+. The molecule has 2 aliphatic rings. The van der Waals surface area contributed by atoms with E-state index in [4.69, 9.17) is 21.0 Å². The molecule has 31 heavy (non-hydrogen) atoms. The van der Waals surface area contributed by atoms with Gasteiger partial charge in [-0.2, -0.15) is 4.57 Å². The van der Waals surface area contributed by atoms with E-state index in [0.29, 0.717) is 23.1 Å². The maximum atomic E-state index is 13.6. The van der Waals surface area contributed by atoms with Gasteiger partial charge in [-0.25, -0.2) is 14.8 Å². The van der Waals surface area contributed by atoms with Gasteiger partial charge in [0, 0.05) is 23.7 Å². The molecule has 1 aliphatic heterocycles. The van der Waals surface area contributed by atoms with Crippen LogP contribution >= 0.6 is 11.6 Å². The van der Waals surface area contributed by atoms with Crippen LogP contribution < -0.4 is 9.88 Å². The van der Waals surface area contributed by atoms with Crippen molar-refractivity contribution in [1.29, 1.82) is 0 Å². The first-order valence-electron chi connectivity index (χ1n) is 10.2. The number of aromatic nitrogens is 3. The molecule has 152 valence electrons. The molecule has 4 heterocycles. The lowest BCUT2D eigenvalue weighted by Crippen LogP contribution is -2.48. The number of nitrogens with zero attached hydrogens (tertiary/aromatic N) is 3. The monoisotopic (exact) mass is 429 g/mol. The minimum atomic E-state index is -0.423. The van der Waals surface area contributed by atoms with Crippen molar-refractivity contribution in [3.8, 4) is 22.5 Å². The summed E-state index contributed by atoms with van der Waals surface area (Å²) in [5.41, 5.74) is 5.61. The van der Waals surface area contributed by atoms with Crippen LogP contribution in [0, 0.1) is 0 Å². The van der Waals surface area contributed by atoms with Crippen molar-refractivity contribution in [3.05, 3.63) is 83.2 Å². The molecule has 0 bridgehead atoms. The summed E-state index contributed by atoms with van der Waals surface area (Å²) >= 11 is 6.18. The Morgan fingerprint density at radius 2 is 2.03 bits per heavy atom. The first-order valence-corrected chi connectivity index (χ1v) is 10.6. The van der Waals surface area contributed by atoms with Gasteiger partial charge in [0.05, 0.1) is 12.7 Å². The number of anilines is 1. The maximum Gasteiger partial charge on any atom is 0.359 e. The topological polar surface area (TPSA) is 71.9 Å². The molecule has 1 unspecified atom stereocenters. The van der Waals surface area contributed by atoms with E-state index in [9.17, 15) is 4.79 Å². The number of furan rings is 1. The van der Waals surface area contributed by atoms with Gasteiger partial charge in [0.1, 0.15) is 22.3 Å². The van der Waals surface area contributed by atoms with Crippen molar-refractivity contribution in [3.63, 3.8) is 0 Å². The van der Waals surface area contributed by atoms with Gasteiger partial charge in [-0.15, -0.1) is 0 Å². The summed E-state index contributed by atoms with van der Waals surface area (Å²) in [6, 6.07) is 15.2.